The average Bonchev–Trinajstić information content (AvgIpc) is 2.34. The highest BCUT2D eigenvalue weighted by Gasteiger charge is 2.22. The van der Waals surface area contributed by atoms with Crippen LogP contribution >= 0.6 is 0 Å². The first-order valence-corrected chi connectivity index (χ1v) is 6.65. The van der Waals surface area contributed by atoms with E-state index in [0.717, 1.165) is 0 Å². The van der Waals surface area contributed by atoms with Gasteiger partial charge in [0.2, 0.25) is 0 Å². The molecule has 21 heavy (non-hydrogen) atoms. The fraction of sp³-hybridized carbons (Fsp3) is 0.467. The zero-order valence-electron chi connectivity index (χ0n) is 12.4. The van der Waals surface area contributed by atoms with Gasteiger partial charge >= 0.3 is 12.1 Å². The fourth-order valence-electron chi connectivity index (χ4n) is 1.72. The van der Waals surface area contributed by atoms with E-state index in [1.54, 1.807) is 39.0 Å². The smallest absolute Gasteiger partial charge is 0.407 e. The number of hydrogen-bond donors (Lipinski definition) is 3. The Balaban J connectivity index is 2.61. The maximum atomic E-state index is 11.5. The lowest BCUT2D eigenvalue weighted by Crippen LogP contribution is -2.37. The van der Waals surface area contributed by atoms with Crippen molar-refractivity contribution >= 4 is 12.1 Å². The molecule has 1 aromatic carbocycles. The standard InChI is InChI=1S/C15H21NO5/c1-15(2,3)21-14(20)16-9-11(13(18)19)8-10-6-4-5-7-12(10)17/h4-7,11,17H,8-9H2,1-3H3,(H,16,20)(H,18,19)/t11-/m1/s1. The van der Waals surface area contributed by atoms with Gasteiger partial charge in [-0.15, -0.1) is 0 Å². The number of alkyl carbamates (subject to hydrolysis) is 1. The van der Waals surface area contributed by atoms with Crippen LogP contribution in [0, 0.1) is 5.92 Å². The Morgan fingerprint density at radius 3 is 2.43 bits per heavy atom. The molecule has 0 bridgehead atoms. The highest BCUT2D eigenvalue weighted by atomic mass is 16.6. The van der Waals surface area contributed by atoms with Crippen LogP contribution in [0.3, 0.4) is 0 Å². The van der Waals surface area contributed by atoms with Gasteiger partial charge in [-0.05, 0) is 38.8 Å². The van der Waals surface area contributed by atoms with Gasteiger partial charge in [0.15, 0.2) is 0 Å². The minimum atomic E-state index is -1.05. The molecular weight excluding hydrogens is 274 g/mol. The molecule has 0 heterocycles. The van der Waals surface area contributed by atoms with Crippen molar-refractivity contribution in [2.24, 2.45) is 5.92 Å². The van der Waals surface area contributed by atoms with E-state index in [-0.39, 0.29) is 18.7 Å². The Hall–Kier alpha value is -2.24. The molecule has 0 aliphatic carbocycles. The molecule has 1 rings (SSSR count). The van der Waals surface area contributed by atoms with Crippen molar-refractivity contribution in [2.45, 2.75) is 32.8 Å². The molecule has 1 atom stereocenters. The molecule has 1 aromatic rings. The van der Waals surface area contributed by atoms with E-state index in [9.17, 15) is 19.8 Å². The van der Waals surface area contributed by atoms with Crippen LogP contribution in [0.1, 0.15) is 26.3 Å². The first-order valence-electron chi connectivity index (χ1n) is 6.65. The molecule has 0 saturated carbocycles. The molecule has 0 fully saturated rings. The summed E-state index contributed by atoms with van der Waals surface area (Å²) < 4.78 is 5.05. The molecule has 1 amide bonds. The number of phenolic OH excluding ortho intramolecular Hbond substituents is 1. The number of ether oxygens (including phenoxy) is 1. The number of hydrogen-bond acceptors (Lipinski definition) is 4. The predicted molar refractivity (Wildman–Crippen MR) is 77.2 cm³/mol. The normalized spacial score (nSPS) is 12.5. The highest BCUT2D eigenvalue weighted by Crippen LogP contribution is 2.19. The summed E-state index contributed by atoms with van der Waals surface area (Å²) in [6, 6.07) is 6.52. The van der Waals surface area contributed by atoms with Gasteiger partial charge in [0.05, 0.1) is 5.92 Å². The Morgan fingerprint density at radius 1 is 1.29 bits per heavy atom. The number of carboxylic acid groups (broad SMARTS) is 1. The molecule has 0 aromatic heterocycles. The zero-order chi connectivity index (χ0) is 16.0. The van der Waals surface area contributed by atoms with Crippen LogP contribution < -0.4 is 5.32 Å². The third-order valence-corrected chi connectivity index (χ3v) is 2.70. The van der Waals surface area contributed by atoms with E-state index in [4.69, 9.17) is 4.74 Å². The third-order valence-electron chi connectivity index (χ3n) is 2.70. The van der Waals surface area contributed by atoms with Crippen LogP contribution in [0.5, 0.6) is 5.75 Å². The van der Waals surface area contributed by atoms with Crippen LogP contribution in [0.4, 0.5) is 4.79 Å². The summed E-state index contributed by atoms with van der Waals surface area (Å²) in [7, 11) is 0. The largest absolute Gasteiger partial charge is 0.508 e. The number of carbonyl (C=O) groups is 2. The third kappa shape index (κ3) is 6.16. The molecule has 6 heteroatoms. The lowest BCUT2D eigenvalue weighted by atomic mass is 9.99. The summed E-state index contributed by atoms with van der Waals surface area (Å²) in [6.07, 6.45) is -0.538. The van der Waals surface area contributed by atoms with E-state index < -0.39 is 23.6 Å². The average molecular weight is 295 g/mol. The van der Waals surface area contributed by atoms with Crippen molar-refractivity contribution < 1.29 is 24.5 Å². The first kappa shape index (κ1) is 16.8. The number of aromatic hydroxyl groups is 1. The summed E-state index contributed by atoms with van der Waals surface area (Å²) in [6.45, 7) is 5.11. The van der Waals surface area contributed by atoms with Crippen molar-refractivity contribution in [3.8, 4) is 5.75 Å². The van der Waals surface area contributed by atoms with Crippen molar-refractivity contribution in [1.29, 1.82) is 0 Å². The first-order chi connectivity index (χ1) is 9.69. The molecule has 116 valence electrons. The number of para-hydroxylation sites is 1. The second-order valence-electron chi connectivity index (χ2n) is 5.75. The number of carbonyl (C=O) groups excluding carboxylic acids is 1. The van der Waals surface area contributed by atoms with Gasteiger partial charge in [0.25, 0.3) is 0 Å². The maximum absolute atomic E-state index is 11.5. The molecule has 6 nitrogen and oxygen atoms in total. The Morgan fingerprint density at radius 2 is 1.90 bits per heavy atom. The summed E-state index contributed by atoms with van der Waals surface area (Å²) in [5, 5.41) is 21.3. The number of benzene rings is 1. The minimum Gasteiger partial charge on any atom is -0.508 e. The van der Waals surface area contributed by atoms with Gasteiger partial charge in [0, 0.05) is 6.54 Å². The van der Waals surface area contributed by atoms with E-state index in [0.29, 0.717) is 5.56 Å². The predicted octanol–water partition coefficient (Wildman–Crippen LogP) is 2.16. The van der Waals surface area contributed by atoms with Crippen molar-refractivity contribution in [3.63, 3.8) is 0 Å². The Labute approximate surface area is 123 Å². The zero-order valence-corrected chi connectivity index (χ0v) is 12.4. The minimum absolute atomic E-state index is 0.0426. The number of nitrogens with one attached hydrogen (secondary N) is 1. The maximum Gasteiger partial charge on any atom is 0.407 e. The summed E-state index contributed by atoms with van der Waals surface area (Å²) in [5.74, 6) is -1.85. The van der Waals surface area contributed by atoms with Crippen LogP contribution in [-0.4, -0.2) is 34.4 Å². The molecule has 0 unspecified atom stereocenters. The van der Waals surface area contributed by atoms with Crippen LogP contribution in [0.2, 0.25) is 0 Å². The Bertz CT molecular complexity index is 507. The van der Waals surface area contributed by atoms with E-state index >= 15 is 0 Å². The summed E-state index contributed by atoms with van der Waals surface area (Å²) in [4.78, 5) is 22.8. The van der Waals surface area contributed by atoms with Gasteiger partial charge in [-0.2, -0.15) is 0 Å². The van der Waals surface area contributed by atoms with Crippen LogP contribution in [0.25, 0.3) is 0 Å². The summed E-state index contributed by atoms with van der Waals surface area (Å²) >= 11 is 0. The fourth-order valence-corrected chi connectivity index (χ4v) is 1.72. The molecule has 0 aliphatic heterocycles. The number of rotatable bonds is 5. The Kier molecular flexibility index (Phi) is 5.58. The SMILES string of the molecule is CC(C)(C)OC(=O)NC[C@@H](Cc1ccccc1O)C(=O)O. The molecule has 0 radical (unpaired) electrons. The van der Waals surface area contributed by atoms with Gasteiger partial charge in [0.1, 0.15) is 11.4 Å². The van der Waals surface area contributed by atoms with E-state index in [1.165, 1.54) is 6.07 Å². The van der Waals surface area contributed by atoms with E-state index in [1.807, 2.05) is 0 Å². The number of phenols is 1. The van der Waals surface area contributed by atoms with E-state index in [2.05, 4.69) is 5.32 Å². The highest BCUT2D eigenvalue weighted by molar-refractivity contribution is 5.73. The summed E-state index contributed by atoms with van der Waals surface area (Å²) in [5.41, 5.74) is -0.114. The topological polar surface area (TPSA) is 95.9 Å². The molecule has 0 spiro atoms. The monoisotopic (exact) mass is 295 g/mol. The quantitative estimate of drug-likeness (QED) is 0.773. The molecule has 0 saturated heterocycles. The van der Waals surface area contributed by atoms with Crippen molar-refractivity contribution in [1.82, 2.24) is 5.32 Å². The molecular formula is C15H21NO5. The van der Waals surface area contributed by atoms with Crippen LogP contribution in [-0.2, 0) is 16.0 Å². The number of amides is 1. The molecule has 3 N–H and O–H groups in total. The van der Waals surface area contributed by atoms with Gasteiger partial charge in [-0.1, -0.05) is 18.2 Å². The number of aliphatic carboxylic acids is 1. The number of carboxylic acids is 1. The van der Waals surface area contributed by atoms with Crippen molar-refractivity contribution in [2.75, 3.05) is 6.54 Å². The second kappa shape index (κ2) is 6.97. The molecule has 0 aliphatic rings. The van der Waals surface area contributed by atoms with Gasteiger partial charge in [-0.3, -0.25) is 4.79 Å². The van der Waals surface area contributed by atoms with Gasteiger partial charge in [-0.25, -0.2) is 4.79 Å². The van der Waals surface area contributed by atoms with Crippen molar-refractivity contribution in [3.05, 3.63) is 29.8 Å². The lowest BCUT2D eigenvalue weighted by molar-refractivity contribution is -0.141. The second-order valence-corrected chi connectivity index (χ2v) is 5.75. The van der Waals surface area contributed by atoms with Crippen LogP contribution in [0.15, 0.2) is 24.3 Å². The van der Waals surface area contributed by atoms with Gasteiger partial charge < -0.3 is 20.3 Å². The lowest BCUT2D eigenvalue weighted by Gasteiger charge is -2.21.